The van der Waals surface area contributed by atoms with Crippen LogP contribution in [0, 0.1) is 6.92 Å². The molecule has 0 atom stereocenters. The highest BCUT2D eigenvalue weighted by molar-refractivity contribution is 6.32. The lowest BCUT2D eigenvalue weighted by molar-refractivity contribution is 0.252. The van der Waals surface area contributed by atoms with Gasteiger partial charge in [-0.05, 0) is 49.4 Å². The predicted molar refractivity (Wildman–Crippen MR) is 62.5 cm³/mol. The lowest BCUT2D eigenvalue weighted by atomic mass is 9.71. The third kappa shape index (κ3) is 1.72. The Hall–Kier alpha value is -0.730. The van der Waals surface area contributed by atoms with Crippen molar-refractivity contribution in [2.75, 3.05) is 7.11 Å². The molecule has 0 aliphatic heterocycles. The highest BCUT2D eigenvalue weighted by Crippen LogP contribution is 2.42. The summed E-state index contributed by atoms with van der Waals surface area (Å²) in [6.45, 7) is 2.06. The molecule has 15 heavy (non-hydrogen) atoms. The van der Waals surface area contributed by atoms with E-state index in [0.717, 1.165) is 18.6 Å². The second-order valence-corrected chi connectivity index (χ2v) is 4.72. The molecule has 0 unspecified atom stereocenters. The predicted octanol–water partition coefficient (Wildman–Crippen LogP) is 2.99. The van der Waals surface area contributed by atoms with E-state index in [1.54, 1.807) is 7.11 Å². The molecule has 0 heterocycles. The fourth-order valence-corrected chi connectivity index (χ4v) is 2.42. The van der Waals surface area contributed by atoms with Gasteiger partial charge in [0.1, 0.15) is 5.75 Å². The maximum atomic E-state index is 6.29. The molecular formula is C12H16ClNO. The fourth-order valence-electron chi connectivity index (χ4n) is 2.17. The van der Waals surface area contributed by atoms with Crippen molar-refractivity contribution in [1.82, 2.24) is 0 Å². The van der Waals surface area contributed by atoms with E-state index < -0.39 is 0 Å². The molecule has 3 heteroatoms. The van der Waals surface area contributed by atoms with Crippen LogP contribution in [-0.4, -0.2) is 7.11 Å². The van der Waals surface area contributed by atoms with Gasteiger partial charge in [-0.3, -0.25) is 0 Å². The Morgan fingerprint density at radius 2 is 2.07 bits per heavy atom. The maximum Gasteiger partial charge on any atom is 0.137 e. The van der Waals surface area contributed by atoms with Crippen molar-refractivity contribution in [2.45, 2.75) is 31.7 Å². The number of benzene rings is 1. The summed E-state index contributed by atoms with van der Waals surface area (Å²) in [7, 11) is 1.63. The quantitative estimate of drug-likeness (QED) is 0.840. The van der Waals surface area contributed by atoms with Gasteiger partial charge in [0.2, 0.25) is 0 Å². The Morgan fingerprint density at radius 3 is 2.53 bits per heavy atom. The maximum absolute atomic E-state index is 6.29. The van der Waals surface area contributed by atoms with E-state index in [9.17, 15) is 0 Å². The molecule has 1 aliphatic carbocycles. The first-order chi connectivity index (χ1) is 7.07. The molecule has 1 aromatic carbocycles. The Balaban J connectivity index is 2.45. The van der Waals surface area contributed by atoms with E-state index in [1.807, 2.05) is 12.1 Å². The minimum Gasteiger partial charge on any atom is -0.495 e. The zero-order valence-corrected chi connectivity index (χ0v) is 9.90. The number of nitrogens with two attached hydrogens (primary N) is 1. The van der Waals surface area contributed by atoms with Crippen LogP contribution in [-0.2, 0) is 5.54 Å². The van der Waals surface area contributed by atoms with Crippen molar-refractivity contribution in [2.24, 2.45) is 5.73 Å². The van der Waals surface area contributed by atoms with E-state index in [2.05, 4.69) is 6.92 Å². The van der Waals surface area contributed by atoms with E-state index in [-0.39, 0.29) is 5.54 Å². The van der Waals surface area contributed by atoms with Gasteiger partial charge in [-0.2, -0.15) is 0 Å². The van der Waals surface area contributed by atoms with E-state index in [0.29, 0.717) is 5.02 Å². The average Bonchev–Trinajstić information content (AvgIpc) is 2.17. The summed E-state index contributed by atoms with van der Waals surface area (Å²) in [5.41, 5.74) is 8.46. The second kappa shape index (κ2) is 3.69. The fraction of sp³-hybridized carbons (Fsp3) is 0.500. The van der Waals surface area contributed by atoms with Gasteiger partial charge in [0, 0.05) is 5.54 Å². The lowest BCUT2D eigenvalue weighted by Gasteiger charge is -2.39. The highest BCUT2D eigenvalue weighted by Gasteiger charge is 2.35. The summed E-state index contributed by atoms with van der Waals surface area (Å²) in [5.74, 6) is 0.723. The molecule has 1 saturated carbocycles. The van der Waals surface area contributed by atoms with Gasteiger partial charge in [-0.1, -0.05) is 11.6 Å². The van der Waals surface area contributed by atoms with Gasteiger partial charge in [-0.25, -0.2) is 0 Å². The SMILES string of the molecule is COc1cc(C)c(C2(N)CCC2)cc1Cl. The first-order valence-corrected chi connectivity index (χ1v) is 5.58. The summed E-state index contributed by atoms with van der Waals surface area (Å²) in [6, 6.07) is 3.92. The molecule has 1 fully saturated rings. The van der Waals surface area contributed by atoms with Crippen LogP contribution in [0.4, 0.5) is 0 Å². The van der Waals surface area contributed by atoms with Crippen molar-refractivity contribution in [3.63, 3.8) is 0 Å². The topological polar surface area (TPSA) is 35.2 Å². The summed E-state index contributed by atoms with van der Waals surface area (Å²) in [5, 5.41) is 0.648. The summed E-state index contributed by atoms with van der Waals surface area (Å²) in [6.07, 6.45) is 3.31. The van der Waals surface area contributed by atoms with Crippen molar-refractivity contribution >= 4 is 11.6 Å². The van der Waals surface area contributed by atoms with E-state index in [1.165, 1.54) is 17.5 Å². The molecular weight excluding hydrogens is 210 g/mol. The number of hydrogen-bond donors (Lipinski definition) is 1. The molecule has 0 radical (unpaired) electrons. The third-order valence-corrected chi connectivity index (χ3v) is 3.58. The monoisotopic (exact) mass is 225 g/mol. The number of methoxy groups -OCH3 is 1. The van der Waals surface area contributed by atoms with Crippen LogP contribution >= 0.6 is 11.6 Å². The Morgan fingerprint density at radius 1 is 1.40 bits per heavy atom. The van der Waals surface area contributed by atoms with Gasteiger partial charge in [0.15, 0.2) is 0 Å². The highest BCUT2D eigenvalue weighted by atomic mass is 35.5. The minimum absolute atomic E-state index is 0.153. The van der Waals surface area contributed by atoms with Crippen LogP contribution in [0.1, 0.15) is 30.4 Å². The Bertz CT molecular complexity index is 385. The summed E-state index contributed by atoms with van der Waals surface area (Å²) in [4.78, 5) is 0. The van der Waals surface area contributed by atoms with Crippen molar-refractivity contribution in [3.8, 4) is 5.75 Å². The van der Waals surface area contributed by atoms with Crippen LogP contribution in [0.2, 0.25) is 5.02 Å². The number of rotatable bonds is 2. The third-order valence-electron chi connectivity index (χ3n) is 3.28. The van der Waals surface area contributed by atoms with Crippen molar-refractivity contribution < 1.29 is 4.74 Å². The molecule has 2 rings (SSSR count). The smallest absolute Gasteiger partial charge is 0.137 e. The molecule has 0 aromatic heterocycles. The van der Waals surface area contributed by atoms with Gasteiger partial charge in [-0.15, -0.1) is 0 Å². The number of ether oxygens (including phenoxy) is 1. The molecule has 1 aliphatic rings. The summed E-state index contributed by atoms with van der Waals surface area (Å²) >= 11 is 6.11. The number of aryl methyl sites for hydroxylation is 1. The minimum atomic E-state index is -0.153. The molecule has 0 saturated heterocycles. The van der Waals surface area contributed by atoms with Crippen LogP contribution in [0.5, 0.6) is 5.75 Å². The second-order valence-electron chi connectivity index (χ2n) is 4.31. The zero-order chi connectivity index (χ0) is 11.1. The first kappa shape index (κ1) is 10.8. The number of hydrogen-bond acceptors (Lipinski definition) is 2. The molecule has 82 valence electrons. The number of halogens is 1. The molecule has 0 amide bonds. The Labute approximate surface area is 95.4 Å². The molecule has 0 spiro atoms. The van der Waals surface area contributed by atoms with Gasteiger partial charge in [0.25, 0.3) is 0 Å². The van der Waals surface area contributed by atoms with Gasteiger partial charge < -0.3 is 10.5 Å². The van der Waals surface area contributed by atoms with Crippen LogP contribution in [0.25, 0.3) is 0 Å². The zero-order valence-electron chi connectivity index (χ0n) is 9.14. The van der Waals surface area contributed by atoms with Gasteiger partial charge in [0.05, 0.1) is 12.1 Å². The van der Waals surface area contributed by atoms with Crippen molar-refractivity contribution in [3.05, 3.63) is 28.3 Å². The Kier molecular flexibility index (Phi) is 2.65. The molecule has 0 bridgehead atoms. The van der Waals surface area contributed by atoms with E-state index in [4.69, 9.17) is 22.1 Å². The van der Waals surface area contributed by atoms with Crippen LogP contribution in [0.15, 0.2) is 12.1 Å². The van der Waals surface area contributed by atoms with E-state index >= 15 is 0 Å². The van der Waals surface area contributed by atoms with Crippen molar-refractivity contribution in [1.29, 1.82) is 0 Å². The molecule has 1 aromatic rings. The average molecular weight is 226 g/mol. The van der Waals surface area contributed by atoms with Crippen LogP contribution < -0.4 is 10.5 Å². The normalized spacial score (nSPS) is 18.4. The standard InChI is InChI=1S/C12H16ClNO/c1-8-6-11(15-2)10(13)7-9(8)12(14)4-3-5-12/h6-7H,3-5,14H2,1-2H3. The summed E-state index contributed by atoms with van der Waals surface area (Å²) < 4.78 is 5.17. The van der Waals surface area contributed by atoms with Gasteiger partial charge >= 0.3 is 0 Å². The van der Waals surface area contributed by atoms with Crippen LogP contribution in [0.3, 0.4) is 0 Å². The molecule has 2 nitrogen and oxygen atoms in total. The largest absolute Gasteiger partial charge is 0.495 e. The molecule has 2 N–H and O–H groups in total. The lowest BCUT2D eigenvalue weighted by Crippen LogP contribution is -2.43. The first-order valence-electron chi connectivity index (χ1n) is 5.20.